The van der Waals surface area contributed by atoms with Crippen molar-refractivity contribution >= 4 is 15.9 Å². The van der Waals surface area contributed by atoms with Gasteiger partial charge in [0.2, 0.25) is 0 Å². The predicted octanol–water partition coefficient (Wildman–Crippen LogP) is 4.44. The molecule has 0 bridgehead atoms. The molecule has 0 saturated carbocycles. The van der Waals surface area contributed by atoms with Crippen molar-refractivity contribution in [3.05, 3.63) is 69.7 Å². The Kier molecular flexibility index (Phi) is 3.72. The molecule has 0 radical (unpaired) electrons. The first-order valence-corrected chi connectivity index (χ1v) is 7.60. The Morgan fingerprint density at radius 1 is 1.16 bits per heavy atom. The number of nitrogens with one attached hydrogen (secondary N) is 1. The van der Waals surface area contributed by atoms with Gasteiger partial charge < -0.3 is 5.32 Å². The second-order valence-electron chi connectivity index (χ2n) is 5.25. The summed E-state index contributed by atoms with van der Waals surface area (Å²) >= 11 is 3.62. The van der Waals surface area contributed by atoms with Crippen LogP contribution in [0.5, 0.6) is 0 Å². The predicted molar refractivity (Wildman–Crippen MR) is 83.4 cm³/mol. The van der Waals surface area contributed by atoms with Crippen LogP contribution in [0.25, 0.3) is 0 Å². The van der Waals surface area contributed by atoms with Gasteiger partial charge in [-0.3, -0.25) is 0 Å². The lowest BCUT2D eigenvalue weighted by atomic mass is 9.77. The van der Waals surface area contributed by atoms with Crippen LogP contribution in [0.2, 0.25) is 0 Å². The normalized spacial score (nSPS) is 18.5. The van der Waals surface area contributed by atoms with Crippen molar-refractivity contribution in [2.75, 3.05) is 6.54 Å². The van der Waals surface area contributed by atoms with Gasteiger partial charge in [-0.05, 0) is 36.1 Å². The van der Waals surface area contributed by atoms with E-state index in [1.54, 1.807) is 0 Å². The fourth-order valence-corrected chi connectivity index (χ4v) is 3.43. The van der Waals surface area contributed by atoms with Crippen LogP contribution in [-0.4, -0.2) is 6.54 Å². The number of fused-ring (bicyclic) bond motifs is 1. The highest BCUT2D eigenvalue weighted by Crippen LogP contribution is 2.34. The Hall–Kier alpha value is -1.12. The zero-order chi connectivity index (χ0) is 13.2. The smallest absolute Gasteiger partial charge is 0.0303 e. The van der Waals surface area contributed by atoms with Gasteiger partial charge in [0.05, 0.1) is 0 Å². The molecule has 0 aromatic heterocycles. The molecule has 1 N–H and O–H groups in total. The highest BCUT2D eigenvalue weighted by atomic mass is 79.9. The van der Waals surface area contributed by atoms with Crippen molar-refractivity contribution in [2.24, 2.45) is 0 Å². The molecule has 2 heteroatoms. The molecule has 3 rings (SSSR count). The summed E-state index contributed by atoms with van der Waals surface area (Å²) in [5.41, 5.74) is 4.37. The summed E-state index contributed by atoms with van der Waals surface area (Å²) in [5.74, 6) is 0.682. The van der Waals surface area contributed by atoms with Crippen LogP contribution < -0.4 is 5.32 Å². The van der Waals surface area contributed by atoms with Gasteiger partial charge in [-0.2, -0.15) is 0 Å². The highest BCUT2D eigenvalue weighted by molar-refractivity contribution is 9.10. The molecule has 0 aliphatic heterocycles. The van der Waals surface area contributed by atoms with Crippen LogP contribution in [0.15, 0.2) is 53.0 Å². The molecular formula is C17H18BrN. The number of hydrogen-bond acceptors (Lipinski definition) is 1. The van der Waals surface area contributed by atoms with Crippen molar-refractivity contribution < 1.29 is 0 Å². The van der Waals surface area contributed by atoms with Crippen molar-refractivity contribution in [1.82, 2.24) is 5.32 Å². The van der Waals surface area contributed by atoms with E-state index in [1.165, 1.54) is 27.6 Å². The maximum Gasteiger partial charge on any atom is 0.0303 e. The molecule has 1 aliphatic rings. The summed E-state index contributed by atoms with van der Waals surface area (Å²) in [6.07, 6.45) is 1.21. The lowest BCUT2D eigenvalue weighted by molar-refractivity contribution is 0.488. The number of rotatable bonds is 4. The molecule has 2 aromatic carbocycles. The lowest BCUT2D eigenvalue weighted by Gasteiger charge is -2.31. The van der Waals surface area contributed by atoms with Crippen molar-refractivity contribution in [1.29, 1.82) is 0 Å². The molecule has 0 saturated heterocycles. The Labute approximate surface area is 123 Å². The largest absolute Gasteiger partial charge is 0.310 e. The number of halogens is 1. The fraction of sp³-hybridized carbons (Fsp3) is 0.294. The molecular weight excluding hydrogens is 298 g/mol. The maximum atomic E-state index is 3.65. The van der Waals surface area contributed by atoms with Crippen molar-refractivity contribution in [3.63, 3.8) is 0 Å². The molecule has 2 unspecified atom stereocenters. The van der Waals surface area contributed by atoms with E-state index in [9.17, 15) is 0 Å². The SMILES string of the molecule is CC(NCC1Cc2ccccc21)c1ccccc1Br. The third kappa shape index (κ3) is 2.60. The fourth-order valence-electron chi connectivity index (χ4n) is 2.80. The molecule has 1 aliphatic carbocycles. The standard InChI is InChI=1S/C17H18BrN/c1-12(15-7-4-5-9-17(15)18)19-11-14-10-13-6-2-3-8-16(13)14/h2-9,12,14,19H,10-11H2,1H3. The summed E-state index contributed by atoms with van der Waals surface area (Å²) in [4.78, 5) is 0. The van der Waals surface area contributed by atoms with E-state index in [0.29, 0.717) is 12.0 Å². The Bertz CT molecular complexity index is 579. The Morgan fingerprint density at radius 3 is 2.68 bits per heavy atom. The average molecular weight is 316 g/mol. The lowest BCUT2D eigenvalue weighted by Crippen LogP contribution is -2.30. The summed E-state index contributed by atoms with van der Waals surface area (Å²) in [5, 5.41) is 3.65. The van der Waals surface area contributed by atoms with Crippen LogP contribution in [-0.2, 0) is 6.42 Å². The zero-order valence-corrected chi connectivity index (χ0v) is 12.7. The molecule has 19 heavy (non-hydrogen) atoms. The summed E-state index contributed by atoms with van der Waals surface area (Å²) < 4.78 is 1.18. The van der Waals surface area contributed by atoms with E-state index in [-0.39, 0.29) is 0 Å². The van der Waals surface area contributed by atoms with Gasteiger partial charge in [0.1, 0.15) is 0 Å². The van der Waals surface area contributed by atoms with Crippen LogP contribution in [0, 0.1) is 0 Å². The molecule has 0 fully saturated rings. The molecule has 0 amide bonds. The van der Waals surface area contributed by atoms with E-state index < -0.39 is 0 Å². The second kappa shape index (κ2) is 5.48. The van der Waals surface area contributed by atoms with Gasteiger partial charge in [0, 0.05) is 23.0 Å². The Morgan fingerprint density at radius 2 is 1.89 bits per heavy atom. The topological polar surface area (TPSA) is 12.0 Å². The van der Waals surface area contributed by atoms with Crippen LogP contribution in [0.4, 0.5) is 0 Å². The van der Waals surface area contributed by atoms with Gasteiger partial charge in [0.15, 0.2) is 0 Å². The summed E-state index contributed by atoms with van der Waals surface area (Å²) in [6, 6.07) is 17.6. The molecule has 2 aromatic rings. The highest BCUT2D eigenvalue weighted by Gasteiger charge is 2.25. The van der Waals surface area contributed by atoms with E-state index in [2.05, 4.69) is 76.7 Å². The summed E-state index contributed by atoms with van der Waals surface area (Å²) in [6.45, 7) is 3.28. The minimum absolute atomic E-state index is 0.378. The first-order chi connectivity index (χ1) is 9.25. The van der Waals surface area contributed by atoms with E-state index >= 15 is 0 Å². The minimum atomic E-state index is 0.378. The van der Waals surface area contributed by atoms with E-state index in [4.69, 9.17) is 0 Å². The molecule has 1 nitrogen and oxygen atoms in total. The third-order valence-electron chi connectivity index (χ3n) is 4.00. The van der Waals surface area contributed by atoms with Gasteiger partial charge >= 0.3 is 0 Å². The van der Waals surface area contributed by atoms with Crippen molar-refractivity contribution in [2.45, 2.75) is 25.3 Å². The van der Waals surface area contributed by atoms with Crippen LogP contribution in [0.1, 0.15) is 35.6 Å². The number of benzene rings is 2. The van der Waals surface area contributed by atoms with E-state index in [0.717, 1.165) is 6.54 Å². The first kappa shape index (κ1) is 12.9. The van der Waals surface area contributed by atoms with Crippen LogP contribution >= 0.6 is 15.9 Å². The van der Waals surface area contributed by atoms with Gasteiger partial charge in [-0.15, -0.1) is 0 Å². The molecule has 0 heterocycles. The third-order valence-corrected chi connectivity index (χ3v) is 4.73. The average Bonchev–Trinajstić information content (AvgIpc) is 2.40. The van der Waals surface area contributed by atoms with Gasteiger partial charge in [-0.1, -0.05) is 58.4 Å². The quantitative estimate of drug-likeness (QED) is 0.879. The monoisotopic (exact) mass is 315 g/mol. The summed E-state index contributed by atoms with van der Waals surface area (Å²) in [7, 11) is 0. The second-order valence-corrected chi connectivity index (χ2v) is 6.11. The zero-order valence-electron chi connectivity index (χ0n) is 11.1. The number of hydrogen-bond donors (Lipinski definition) is 1. The first-order valence-electron chi connectivity index (χ1n) is 6.81. The maximum absolute atomic E-state index is 3.65. The van der Waals surface area contributed by atoms with Crippen molar-refractivity contribution in [3.8, 4) is 0 Å². The van der Waals surface area contributed by atoms with Gasteiger partial charge in [-0.25, -0.2) is 0 Å². The minimum Gasteiger partial charge on any atom is -0.310 e. The molecule has 98 valence electrons. The molecule has 0 spiro atoms. The van der Waals surface area contributed by atoms with Crippen LogP contribution in [0.3, 0.4) is 0 Å². The van der Waals surface area contributed by atoms with Gasteiger partial charge in [0.25, 0.3) is 0 Å². The Balaban J connectivity index is 1.61. The molecule has 2 atom stereocenters. The van der Waals surface area contributed by atoms with E-state index in [1.807, 2.05) is 0 Å².